The minimum Gasteiger partial charge on any atom is -0.422 e. The Hall–Kier alpha value is -3.34. The number of amides is 4. The molecule has 0 atom stereocenters. The summed E-state index contributed by atoms with van der Waals surface area (Å²) in [6.07, 6.45) is 4.15. The van der Waals surface area contributed by atoms with Crippen LogP contribution >= 0.6 is 47.8 Å². The molecule has 0 saturated carbocycles. The number of esters is 1. The Morgan fingerprint density at radius 3 is 2.28 bits per heavy atom. The highest BCUT2D eigenvalue weighted by Crippen LogP contribution is 2.35. The van der Waals surface area contributed by atoms with Crippen molar-refractivity contribution in [1.82, 2.24) is 5.32 Å². The van der Waals surface area contributed by atoms with Gasteiger partial charge < -0.3 is 4.74 Å². The molecule has 3 aromatic rings. The third kappa shape index (κ3) is 5.89. The van der Waals surface area contributed by atoms with E-state index in [-0.39, 0.29) is 22.6 Å². The number of halogens is 3. The molecular weight excluding hydrogens is 660 g/mol. The molecule has 0 spiro atoms. The number of benzene rings is 3. The van der Waals surface area contributed by atoms with Gasteiger partial charge in [0.1, 0.15) is 5.57 Å². The molecule has 0 aromatic heterocycles. The van der Waals surface area contributed by atoms with Crippen LogP contribution in [0.5, 0.6) is 5.75 Å². The number of imide groups is 2. The first-order valence-corrected chi connectivity index (χ1v) is 12.7. The molecule has 0 aliphatic carbocycles. The lowest BCUT2D eigenvalue weighted by Gasteiger charge is -2.26. The molecule has 0 radical (unpaired) electrons. The molecular formula is C26H15Br3N2O5. The van der Waals surface area contributed by atoms with Crippen LogP contribution in [0.2, 0.25) is 0 Å². The molecule has 0 unspecified atom stereocenters. The van der Waals surface area contributed by atoms with Gasteiger partial charge in [0, 0.05) is 20.6 Å². The number of hydrogen-bond acceptors (Lipinski definition) is 5. The Kier molecular flexibility index (Phi) is 7.97. The summed E-state index contributed by atoms with van der Waals surface area (Å²) >= 11 is 10.0. The molecule has 7 nitrogen and oxygen atoms in total. The molecule has 1 saturated heterocycles. The van der Waals surface area contributed by atoms with Gasteiger partial charge in [-0.1, -0.05) is 62.2 Å². The average Bonchev–Trinajstić information content (AvgIpc) is 2.84. The molecule has 3 aromatic carbocycles. The van der Waals surface area contributed by atoms with Crippen LogP contribution in [0.25, 0.3) is 12.2 Å². The zero-order valence-electron chi connectivity index (χ0n) is 18.2. The van der Waals surface area contributed by atoms with E-state index in [0.29, 0.717) is 8.95 Å². The van der Waals surface area contributed by atoms with Gasteiger partial charge in [-0.25, -0.2) is 14.5 Å². The highest BCUT2D eigenvalue weighted by Gasteiger charge is 2.37. The zero-order valence-corrected chi connectivity index (χ0v) is 23.0. The Labute approximate surface area is 231 Å². The van der Waals surface area contributed by atoms with Gasteiger partial charge in [0.25, 0.3) is 11.8 Å². The first kappa shape index (κ1) is 25.7. The van der Waals surface area contributed by atoms with Crippen LogP contribution in [0.1, 0.15) is 11.1 Å². The highest BCUT2D eigenvalue weighted by molar-refractivity contribution is 9.11. The van der Waals surface area contributed by atoms with Crippen LogP contribution in [0.15, 0.2) is 91.8 Å². The molecule has 4 rings (SSSR count). The van der Waals surface area contributed by atoms with Crippen molar-refractivity contribution in [3.8, 4) is 5.75 Å². The van der Waals surface area contributed by atoms with E-state index in [1.165, 1.54) is 12.2 Å². The van der Waals surface area contributed by atoms with E-state index in [4.69, 9.17) is 4.74 Å². The van der Waals surface area contributed by atoms with Gasteiger partial charge >= 0.3 is 12.0 Å². The third-order valence-corrected chi connectivity index (χ3v) is 6.51. The summed E-state index contributed by atoms with van der Waals surface area (Å²) in [7, 11) is 0. The van der Waals surface area contributed by atoms with Crippen molar-refractivity contribution in [2.45, 2.75) is 0 Å². The monoisotopic (exact) mass is 672 g/mol. The zero-order chi connectivity index (χ0) is 25.8. The fourth-order valence-electron chi connectivity index (χ4n) is 3.30. The molecule has 1 fully saturated rings. The maximum atomic E-state index is 13.2. The van der Waals surface area contributed by atoms with E-state index in [0.717, 1.165) is 14.9 Å². The molecule has 4 amide bonds. The summed E-state index contributed by atoms with van der Waals surface area (Å²) in [6, 6.07) is 18.1. The maximum absolute atomic E-state index is 13.2. The van der Waals surface area contributed by atoms with Crippen LogP contribution in [-0.4, -0.2) is 23.8 Å². The standard InChI is InChI=1S/C26H15Br3N2O5/c27-17-7-9-19(10-8-17)31-25(34)20(24(33)30-26(31)35)13-16-12-18(28)14-21(29)23(16)36-22(32)11-6-15-4-2-1-3-5-15/h1-14H,(H,30,33,35)/b11-6+,20-13-. The first-order valence-electron chi connectivity index (χ1n) is 10.3. The number of barbiturate groups is 1. The molecule has 1 aliphatic rings. The van der Waals surface area contributed by atoms with Crippen LogP contribution in [0.3, 0.4) is 0 Å². The fraction of sp³-hybridized carbons (Fsp3) is 0. The van der Waals surface area contributed by atoms with Crippen molar-refractivity contribution in [2.24, 2.45) is 0 Å². The van der Waals surface area contributed by atoms with Crippen LogP contribution in [0, 0.1) is 0 Å². The lowest BCUT2D eigenvalue weighted by Crippen LogP contribution is -2.54. The Bertz CT molecular complexity index is 1430. The van der Waals surface area contributed by atoms with Gasteiger partial charge in [0.15, 0.2) is 5.75 Å². The van der Waals surface area contributed by atoms with Gasteiger partial charge in [0.2, 0.25) is 0 Å². The number of nitrogens with one attached hydrogen (secondary N) is 1. The summed E-state index contributed by atoms with van der Waals surface area (Å²) in [5.74, 6) is -2.24. The number of carbonyl (C=O) groups excluding carboxylic acids is 4. The van der Waals surface area contributed by atoms with Crippen LogP contribution in [0.4, 0.5) is 10.5 Å². The lowest BCUT2D eigenvalue weighted by atomic mass is 10.1. The van der Waals surface area contributed by atoms with Gasteiger partial charge in [-0.15, -0.1) is 0 Å². The van der Waals surface area contributed by atoms with Gasteiger partial charge in [-0.2, -0.15) is 0 Å². The quantitative estimate of drug-likeness (QED) is 0.149. The molecule has 10 heteroatoms. The van der Waals surface area contributed by atoms with Crippen molar-refractivity contribution in [2.75, 3.05) is 4.90 Å². The maximum Gasteiger partial charge on any atom is 0.336 e. The number of rotatable bonds is 5. The van der Waals surface area contributed by atoms with Gasteiger partial charge in [0.05, 0.1) is 10.2 Å². The molecule has 180 valence electrons. The van der Waals surface area contributed by atoms with Gasteiger partial charge in [-0.3, -0.25) is 14.9 Å². The van der Waals surface area contributed by atoms with Crippen molar-refractivity contribution in [3.63, 3.8) is 0 Å². The molecule has 1 aliphatic heterocycles. The Balaban J connectivity index is 1.68. The third-order valence-electron chi connectivity index (χ3n) is 4.94. The number of nitrogens with zero attached hydrogens (tertiary/aromatic N) is 1. The largest absolute Gasteiger partial charge is 0.422 e. The topological polar surface area (TPSA) is 92.8 Å². The molecule has 0 bridgehead atoms. The average molecular weight is 675 g/mol. The van der Waals surface area contributed by atoms with E-state index in [2.05, 4.69) is 53.1 Å². The van der Waals surface area contributed by atoms with Crippen molar-refractivity contribution in [1.29, 1.82) is 0 Å². The summed E-state index contributed by atoms with van der Waals surface area (Å²) < 4.78 is 7.32. The van der Waals surface area contributed by atoms with Crippen molar-refractivity contribution >= 4 is 89.4 Å². The normalized spacial score (nSPS) is 14.9. The van der Waals surface area contributed by atoms with Crippen molar-refractivity contribution < 1.29 is 23.9 Å². The van der Waals surface area contributed by atoms with E-state index in [9.17, 15) is 19.2 Å². The second kappa shape index (κ2) is 11.2. The Morgan fingerprint density at radius 1 is 0.889 bits per heavy atom. The van der Waals surface area contributed by atoms with E-state index in [1.54, 1.807) is 42.5 Å². The lowest BCUT2D eigenvalue weighted by molar-refractivity contribution is -0.129. The summed E-state index contributed by atoms with van der Waals surface area (Å²) in [5, 5.41) is 2.18. The number of carbonyl (C=O) groups is 4. The predicted octanol–water partition coefficient (Wildman–Crippen LogP) is 6.26. The predicted molar refractivity (Wildman–Crippen MR) is 146 cm³/mol. The number of hydrogen-bond donors (Lipinski definition) is 1. The van der Waals surface area contributed by atoms with Crippen LogP contribution in [-0.2, 0) is 14.4 Å². The summed E-state index contributed by atoms with van der Waals surface area (Å²) in [4.78, 5) is 51.7. The number of ether oxygens (including phenoxy) is 1. The number of urea groups is 1. The number of anilines is 1. The summed E-state index contributed by atoms with van der Waals surface area (Å²) in [5.41, 5.74) is 1.06. The molecule has 1 heterocycles. The second-order valence-corrected chi connectivity index (χ2v) is 10.1. The van der Waals surface area contributed by atoms with Crippen molar-refractivity contribution in [3.05, 3.63) is 103 Å². The highest BCUT2D eigenvalue weighted by atomic mass is 79.9. The first-order chi connectivity index (χ1) is 17.2. The molecule has 36 heavy (non-hydrogen) atoms. The fourth-order valence-corrected chi connectivity index (χ4v) is 4.90. The summed E-state index contributed by atoms with van der Waals surface area (Å²) in [6.45, 7) is 0. The SMILES string of the molecule is O=C(/C=C/c1ccccc1)Oc1c(Br)cc(Br)cc1/C=C1/C(=O)NC(=O)N(c2ccc(Br)cc2)C1=O. The minimum atomic E-state index is -0.865. The van der Waals surface area contributed by atoms with Gasteiger partial charge in [-0.05, 0) is 70.0 Å². The minimum absolute atomic E-state index is 0.0982. The Morgan fingerprint density at radius 2 is 1.58 bits per heavy atom. The van der Waals surface area contributed by atoms with E-state index >= 15 is 0 Å². The van der Waals surface area contributed by atoms with E-state index < -0.39 is 23.8 Å². The second-order valence-electron chi connectivity index (χ2n) is 7.41. The molecule has 1 N–H and O–H groups in total. The van der Waals surface area contributed by atoms with E-state index in [1.807, 2.05) is 30.3 Å². The smallest absolute Gasteiger partial charge is 0.336 e. The van der Waals surface area contributed by atoms with Crippen LogP contribution < -0.4 is 15.0 Å².